The van der Waals surface area contributed by atoms with Crippen LogP contribution in [-0.4, -0.2) is 62.6 Å². The van der Waals surface area contributed by atoms with E-state index in [1.54, 1.807) is 12.1 Å². The summed E-state index contributed by atoms with van der Waals surface area (Å²) in [7, 11) is 0. The van der Waals surface area contributed by atoms with E-state index < -0.39 is 42.5 Å². The van der Waals surface area contributed by atoms with Crippen molar-refractivity contribution in [1.82, 2.24) is 5.32 Å². The maximum absolute atomic E-state index is 12.9. The molecule has 12 atom stereocenters. The highest BCUT2D eigenvalue weighted by Gasteiger charge is 2.65. The topological polar surface area (TPSA) is 153 Å². The Morgan fingerprint density at radius 3 is 2.43 bits per heavy atom. The average Bonchev–Trinajstić information content (AvgIpc) is 3.35. The summed E-state index contributed by atoms with van der Waals surface area (Å²) in [6, 6.07) is 7.72. The van der Waals surface area contributed by atoms with Gasteiger partial charge in [0.05, 0.1) is 24.7 Å². The Morgan fingerprint density at radius 2 is 1.73 bits per heavy atom. The van der Waals surface area contributed by atoms with Crippen LogP contribution in [0.1, 0.15) is 90.5 Å². The van der Waals surface area contributed by atoms with E-state index in [9.17, 15) is 34.8 Å². The maximum Gasteiger partial charge on any atom is 0.326 e. The number of carbonyl (C=O) groups excluding carboxylic acids is 2. The molecular weight excluding hydrogens is 562 g/mol. The molecule has 1 aromatic carbocycles. The van der Waals surface area contributed by atoms with Crippen molar-refractivity contribution in [3.63, 3.8) is 0 Å². The molecule has 5 N–H and O–H groups in total. The Balaban J connectivity index is 1.17. The van der Waals surface area contributed by atoms with Crippen molar-refractivity contribution >= 4 is 17.8 Å². The largest absolute Gasteiger partial charge is 0.480 e. The predicted octanol–water partition coefficient (Wildman–Crippen LogP) is 4.07. The SMILES string of the molecule is C[C@H](CCC(=O)N[C@H](CC(=O)OCc1ccccc1)C(=O)O)C1CC[C@H]2[C@@H]3[C@H](O)C[C@@H]4C[C@H](O)CC[C@]4(C)[C@H]3C[C@H](O)[C@]12C. The van der Waals surface area contributed by atoms with Crippen LogP contribution in [0.25, 0.3) is 0 Å². The van der Waals surface area contributed by atoms with Gasteiger partial charge in [-0.1, -0.05) is 51.1 Å². The van der Waals surface area contributed by atoms with Gasteiger partial charge in [-0.3, -0.25) is 9.59 Å². The van der Waals surface area contributed by atoms with Gasteiger partial charge in [0, 0.05) is 6.42 Å². The van der Waals surface area contributed by atoms with Crippen molar-refractivity contribution in [2.24, 2.45) is 46.3 Å². The monoisotopic (exact) mass is 613 g/mol. The molecule has 4 aliphatic carbocycles. The van der Waals surface area contributed by atoms with Gasteiger partial charge in [0.15, 0.2) is 0 Å². The summed E-state index contributed by atoms with van der Waals surface area (Å²) in [6.45, 7) is 6.65. The van der Waals surface area contributed by atoms with E-state index >= 15 is 0 Å². The zero-order valence-electron chi connectivity index (χ0n) is 26.4. The second-order valence-corrected chi connectivity index (χ2v) is 14.9. The van der Waals surface area contributed by atoms with Crippen molar-refractivity contribution in [3.8, 4) is 0 Å². The van der Waals surface area contributed by atoms with Gasteiger partial charge in [0.25, 0.3) is 0 Å². The van der Waals surface area contributed by atoms with E-state index in [0.29, 0.717) is 19.3 Å². The van der Waals surface area contributed by atoms with Crippen molar-refractivity contribution in [2.45, 2.75) is 116 Å². The summed E-state index contributed by atoms with van der Waals surface area (Å²) in [4.78, 5) is 37.0. The molecule has 0 spiro atoms. The van der Waals surface area contributed by atoms with Gasteiger partial charge in [-0.25, -0.2) is 4.79 Å². The lowest BCUT2D eigenvalue weighted by Gasteiger charge is -2.63. The van der Waals surface area contributed by atoms with Crippen molar-refractivity contribution in [2.75, 3.05) is 0 Å². The third-order valence-corrected chi connectivity index (χ3v) is 12.6. The van der Waals surface area contributed by atoms with Gasteiger partial charge in [-0.15, -0.1) is 0 Å². The van der Waals surface area contributed by atoms with Gasteiger partial charge in [-0.05, 0) is 103 Å². The molecule has 44 heavy (non-hydrogen) atoms. The lowest BCUT2D eigenvalue weighted by Crippen LogP contribution is -2.62. The second-order valence-electron chi connectivity index (χ2n) is 14.9. The van der Waals surface area contributed by atoms with Crippen LogP contribution in [0, 0.1) is 46.3 Å². The number of esters is 1. The van der Waals surface area contributed by atoms with Gasteiger partial charge >= 0.3 is 11.9 Å². The molecule has 9 heteroatoms. The highest BCUT2D eigenvalue weighted by molar-refractivity contribution is 5.87. The Bertz CT molecular complexity index is 1190. The summed E-state index contributed by atoms with van der Waals surface area (Å²) in [5.74, 6) is -1.32. The number of fused-ring (bicyclic) bond motifs is 5. The summed E-state index contributed by atoms with van der Waals surface area (Å²) in [5, 5.41) is 45.7. The quantitative estimate of drug-likeness (QED) is 0.248. The van der Waals surface area contributed by atoms with Crippen LogP contribution in [0.2, 0.25) is 0 Å². The first kappa shape index (κ1) is 32.9. The van der Waals surface area contributed by atoms with Crippen LogP contribution < -0.4 is 5.32 Å². The first-order valence-electron chi connectivity index (χ1n) is 16.6. The minimum absolute atomic E-state index is 0.0158. The Kier molecular flexibility index (Phi) is 9.78. The zero-order valence-corrected chi connectivity index (χ0v) is 26.4. The van der Waals surface area contributed by atoms with E-state index in [1.165, 1.54) is 0 Å². The molecule has 0 aromatic heterocycles. The molecule has 0 saturated heterocycles. The number of ether oxygens (including phenoxy) is 1. The number of rotatable bonds is 10. The average molecular weight is 614 g/mol. The molecule has 5 rings (SSSR count). The van der Waals surface area contributed by atoms with Crippen molar-refractivity contribution < 1.29 is 39.5 Å². The van der Waals surface area contributed by atoms with E-state index in [4.69, 9.17) is 4.74 Å². The fraction of sp³-hybridized carbons (Fsp3) is 0.743. The Morgan fingerprint density at radius 1 is 1.00 bits per heavy atom. The van der Waals surface area contributed by atoms with E-state index in [1.807, 2.05) is 18.2 Å². The molecule has 0 aliphatic heterocycles. The fourth-order valence-electron chi connectivity index (χ4n) is 10.1. The number of benzene rings is 1. The number of carboxylic acid groups (broad SMARTS) is 1. The number of nitrogens with one attached hydrogen (secondary N) is 1. The zero-order chi connectivity index (χ0) is 31.8. The number of carbonyl (C=O) groups is 3. The first-order valence-corrected chi connectivity index (χ1v) is 16.6. The molecule has 244 valence electrons. The summed E-state index contributed by atoms with van der Waals surface area (Å²) in [6.07, 6.45) is 4.60. The third-order valence-electron chi connectivity index (χ3n) is 12.6. The maximum atomic E-state index is 12.9. The molecule has 4 aliphatic rings. The number of hydrogen-bond acceptors (Lipinski definition) is 7. The van der Waals surface area contributed by atoms with Crippen LogP contribution in [0.15, 0.2) is 30.3 Å². The van der Waals surface area contributed by atoms with Crippen LogP contribution in [0.5, 0.6) is 0 Å². The number of carboxylic acids is 1. The minimum atomic E-state index is -1.37. The van der Waals surface area contributed by atoms with Crippen molar-refractivity contribution in [3.05, 3.63) is 35.9 Å². The standard InChI is InChI=1S/C35H51NO8/c1-20(9-12-30(40)36-27(33(42)43)18-31(41)44-19-21-7-5-4-6-8-21)24-10-11-25-32-26(17-29(39)35(24,25)3)34(2)14-13-23(37)15-22(34)16-28(32)38/h4-8,20,22-29,32,37-39H,9-19H2,1-3H3,(H,36,40)(H,42,43)/t20-,22+,23-,24?,25+,26+,27-,28-,29+,32+,34+,35-/m1/s1. The molecule has 1 aromatic rings. The number of aliphatic hydroxyl groups is 3. The number of amides is 1. The predicted molar refractivity (Wildman–Crippen MR) is 163 cm³/mol. The van der Waals surface area contributed by atoms with E-state index in [-0.39, 0.29) is 65.5 Å². The molecule has 9 nitrogen and oxygen atoms in total. The van der Waals surface area contributed by atoms with Crippen LogP contribution in [0.4, 0.5) is 0 Å². The molecular formula is C35H51NO8. The molecule has 1 amide bonds. The number of aliphatic hydroxyl groups excluding tert-OH is 3. The number of aliphatic carboxylic acids is 1. The summed E-state index contributed by atoms with van der Waals surface area (Å²) >= 11 is 0. The molecule has 4 saturated carbocycles. The van der Waals surface area contributed by atoms with Crippen LogP contribution in [-0.2, 0) is 25.7 Å². The van der Waals surface area contributed by atoms with Crippen LogP contribution >= 0.6 is 0 Å². The van der Waals surface area contributed by atoms with E-state index in [0.717, 1.165) is 37.7 Å². The fourth-order valence-corrected chi connectivity index (χ4v) is 10.1. The van der Waals surface area contributed by atoms with Gasteiger partial charge in [0.1, 0.15) is 12.6 Å². The van der Waals surface area contributed by atoms with Gasteiger partial charge in [0.2, 0.25) is 5.91 Å². The smallest absolute Gasteiger partial charge is 0.326 e. The Hall–Kier alpha value is -2.49. The second kappa shape index (κ2) is 13.1. The summed E-state index contributed by atoms with van der Waals surface area (Å²) < 4.78 is 5.21. The van der Waals surface area contributed by atoms with E-state index in [2.05, 4.69) is 26.1 Å². The lowest BCUT2D eigenvalue weighted by molar-refractivity contribution is -0.207. The molecule has 1 unspecified atom stereocenters. The lowest BCUT2D eigenvalue weighted by atomic mass is 9.43. The highest BCUT2D eigenvalue weighted by Crippen LogP contribution is 2.68. The number of hydrogen-bond donors (Lipinski definition) is 5. The minimum Gasteiger partial charge on any atom is -0.480 e. The van der Waals surface area contributed by atoms with Crippen molar-refractivity contribution in [1.29, 1.82) is 0 Å². The van der Waals surface area contributed by atoms with Gasteiger partial charge < -0.3 is 30.5 Å². The highest BCUT2D eigenvalue weighted by atomic mass is 16.5. The third kappa shape index (κ3) is 6.29. The van der Waals surface area contributed by atoms with Gasteiger partial charge in [-0.2, -0.15) is 0 Å². The molecule has 0 bridgehead atoms. The molecule has 0 heterocycles. The first-order chi connectivity index (χ1) is 20.8. The van der Waals surface area contributed by atoms with Crippen LogP contribution in [0.3, 0.4) is 0 Å². The normalized spacial score (nSPS) is 39.2. The Labute approximate surface area is 260 Å². The molecule has 4 fully saturated rings. The summed E-state index contributed by atoms with van der Waals surface area (Å²) in [5.41, 5.74) is 0.432. The molecule has 0 radical (unpaired) electrons.